The lowest BCUT2D eigenvalue weighted by Gasteiger charge is -2.08. The average molecular weight is 279 g/mol. The minimum absolute atomic E-state index is 0.0899. The van der Waals surface area contributed by atoms with Crippen molar-refractivity contribution in [1.29, 1.82) is 0 Å². The Morgan fingerprint density at radius 3 is 2.40 bits per heavy atom. The molecule has 0 unspecified atom stereocenters. The van der Waals surface area contributed by atoms with Gasteiger partial charge >= 0.3 is 6.18 Å². The van der Waals surface area contributed by atoms with Gasteiger partial charge in [0.05, 0.1) is 5.56 Å². The van der Waals surface area contributed by atoms with E-state index < -0.39 is 11.7 Å². The van der Waals surface area contributed by atoms with E-state index in [9.17, 15) is 18.0 Å². The molecule has 2 aromatic carbocycles. The van der Waals surface area contributed by atoms with E-state index in [1.54, 1.807) is 18.2 Å². The normalized spacial score (nSPS) is 11.3. The second-order valence-electron chi connectivity index (χ2n) is 4.42. The van der Waals surface area contributed by atoms with Crippen LogP contribution in [0.5, 0.6) is 0 Å². The zero-order valence-electron chi connectivity index (χ0n) is 10.4. The molecule has 0 bridgehead atoms. The molecule has 2 N–H and O–H groups in total. The fraction of sp³-hybridized carbons (Fsp3) is 0.133. The lowest BCUT2D eigenvalue weighted by atomic mass is 10.0. The van der Waals surface area contributed by atoms with E-state index >= 15 is 0 Å². The van der Waals surface area contributed by atoms with Gasteiger partial charge in [-0.2, -0.15) is 13.2 Å². The van der Waals surface area contributed by atoms with Crippen LogP contribution in [0.25, 0.3) is 0 Å². The zero-order chi connectivity index (χ0) is 14.8. The van der Waals surface area contributed by atoms with Gasteiger partial charge in [0.15, 0.2) is 5.78 Å². The van der Waals surface area contributed by atoms with Crippen molar-refractivity contribution >= 4 is 11.5 Å². The van der Waals surface area contributed by atoms with E-state index in [0.717, 1.165) is 12.1 Å². The molecule has 0 aliphatic carbocycles. The van der Waals surface area contributed by atoms with Gasteiger partial charge in [0.2, 0.25) is 0 Å². The molecule has 0 aliphatic rings. The van der Waals surface area contributed by atoms with Crippen molar-refractivity contribution < 1.29 is 18.0 Å². The highest BCUT2D eigenvalue weighted by atomic mass is 19.4. The molecule has 0 atom stereocenters. The molecule has 0 saturated carbocycles. The molecule has 20 heavy (non-hydrogen) atoms. The fourth-order valence-corrected chi connectivity index (χ4v) is 1.86. The number of hydrogen-bond donors (Lipinski definition) is 1. The summed E-state index contributed by atoms with van der Waals surface area (Å²) in [7, 11) is 0. The summed E-state index contributed by atoms with van der Waals surface area (Å²) in [5, 5.41) is 0. The second-order valence-corrected chi connectivity index (χ2v) is 4.42. The Balaban J connectivity index is 2.20. The zero-order valence-corrected chi connectivity index (χ0v) is 10.4. The number of alkyl halides is 3. The van der Waals surface area contributed by atoms with Crippen LogP contribution in [0.1, 0.15) is 21.5 Å². The van der Waals surface area contributed by atoms with Crippen LogP contribution in [-0.2, 0) is 12.6 Å². The summed E-state index contributed by atoms with van der Waals surface area (Å²) in [4.78, 5) is 12.0. The highest BCUT2D eigenvalue weighted by molar-refractivity contribution is 5.98. The summed E-state index contributed by atoms with van der Waals surface area (Å²) in [5.74, 6) is -0.267. The predicted molar refractivity (Wildman–Crippen MR) is 70.3 cm³/mol. The molecule has 0 aromatic heterocycles. The first kappa shape index (κ1) is 14.1. The Kier molecular flexibility index (Phi) is 3.79. The molecule has 104 valence electrons. The van der Waals surface area contributed by atoms with E-state index in [0.29, 0.717) is 16.8 Å². The van der Waals surface area contributed by atoms with E-state index in [2.05, 4.69) is 0 Å². The van der Waals surface area contributed by atoms with Crippen molar-refractivity contribution in [2.75, 3.05) is 5.73 Å². The first-order chi connectivity index (χ1) is 9.36. The molecule has 0 aliphatic heterocycles. The molecule has 0 amide bonds. The number of ketones is 1. The third-order valence-corrected chi connectivity index (χ3v) is 2.83. The van der Waals surface area contributed by atoms with Gasteiger partial charge in [-0.3, -0.25) is 4.79 Å². The van der Waals surface area contributed by atoms with Crippen LogP contribution in [0, 0.1) is 0 Å². The largest absolute Gasteiger partial charge is 0.416 e. The van der Waals surface area contributed by atoms with Crippen molar-refractivity contribution in [1.82, 2.24) is 0 Å². The maximum Gasteiger partial charge on any atom is 0.416 e. The number of hydrogen-bond acceptors (Lipinski definition) is 2. The Morgan fingerprint density at radius 1 is 1.05 bits per heavy atom. The maximum absolute atomic E-state index is 12.6. The number of nitrogen functional groups attached to an aromatic ring is 1. The molecule has 5 heteroatoms. The molecule has 0 heterocycles. The summed E-state index contributed by atoms with van der Waals surface area (Å²) < 4.78 is 37.7. The standard InChI is InChI=1S/C15H12F3NO/c16-15(17,18)12-5-1-3-10(7-12)8-14(20)11-4-2-6-13(19)9-11/h1-7,9H,8,19H2. The number of anilines is 1. The quantitative estimate of drug-likeness (QED) is 0.687. The van der Waals surface area contributed by atoms with E-state index in [1.807, 2.05) is 0 Å². The number of rotatable bonds is 3. The van der Waals surface area contributed by atoms with Crippen molar-refractivity contribution in [3.8, 4) is 0 Å². The minimum Gasteiger partial charge on any atom is -0.399 e. The second kappa shape index (κ2) is 5.36. The molecule has 2 rings (SSSR count). The third kappa shape index (κ3) is 3.38. The SMILES string of the molecule is Nc1cccc(C(=O)Cc2cccc(C(F)(F)F)c2)c1. The van der Waals surface area contributed by atoms with Crippen LogP contribution in [-0.4, -0.2) is 5.78 Å². The summed E-state index contributed by atoms with van der Waals surface area (Å²) >= 11 is 0. The molecular weight excluding hydrogens is 267 g/mol. The Labute approximate surface area is 114 Å². The van der Waals surface area contributed by atoms with E-state index in [-0.39, 0.29) is 12.2 Å². The van der Waals surface area contributed by atoms with Gasteiger partial charge in [-0.15, -0.1) is 0 Å². The maximum atomic E-state index is 12.6. The molecule has 0 fully saturated rings. The lowest BCUT2D eigenvalue weighted by Crippen LogP contribution is -2.08. The number of Topliss-reactive ketones (excluding diaryl/α,β-unsaturated/α-hetero) is 1. The monoisotopic (exact) mass is 279 g/mol. The van der Waals surface area contributed by atoms with Gasteiger partial charge in [0.25, 0.3) is 0 Å². The highest BCUT2D eigenvalue weighted by Crippen LogP contribution is 2.29. The van der Waals surface area contributed by atoms with Crippen molar-refractivity contribution in [2.45, 2.75) is 12.6 Å². The van der Waals surface area contributed by atoms with Crippen molar-refractivity contribution in [2.24, 2.45) is 0 Å². The Morgan fingerprint density at radius 2 is 1.75 bits per heavy atom. The van der Waals surface area contributed by atoms with Crippen molar-refractivity contribution in [3.63, 3.8) is 0 Å². The Bertz CT molecular complexity index is 635. The van der Waals surface area contributed by atoms with E-state index in [1.165, 1.54) is 18.2 Å². The number of carbonyl (C=O) groups is 1. The van der Waals surface area contributed by atoms with Crippen LogP contribution >= 0.6 is 0 Å². The smallest absolute Gasteiger partial charge is 0.399 e. The first-order valence-corrected chi connectivity index (χ1v) is 5.91. The fourth-order valence-electron chi connectivity index (χ4n) is 1.86. The van der Waals surface area contributed by atoms with Gasteiger partial charge < -0.3 is 5.73 Å². The highest BCUT2D eigenvalue weighted by Gasteiger charge is 2.30. The summed E-state index contributed by atoms with van der Waals surface area (Å²) in [6, 6.07) is 11.1. The predicted octanol–water partition coefficient (Wildman–Crippen LogP) is 3.71. The van der Waals surface area contributed by atoms with Gasteiger partial charge in [-0.1, -0.05) is 30.3 Å². The number of nitrogens with two attached hydrogens (primary N) is 1. The van der Waals surface area contributed by atoms with Gasteiger partial charge in [0.1, 0.15) is 0 Å². The third-order valence-electron chi connectivity index (χ3n) is 2.83. The van der Waals surface area contributed by atoms with Crippen LogP contribution < -0.4 is 5.73 Å². The Hall–Kier alpha value is -2.30. The molecule has 0 saturated heterocycles. The van der Waals surface area contributed by atoms with Crippen LogP contribution in [0.15, 0.2) is 48.5 Å². The molecule has 2 aromatic rings. The summed E-state index contributed by atoms with van der Waals surface area (Å²) in [6.45, 7) is 0. The first-order valence-electron chi connectivity index (χ1n) is 5.91. The summed E-state index contributed by atoms with van der Waals surface area (Å²) in [6.07, 6.45) is -4.50. The van der Waals surface area contributed by atoms with Crippen LogP contribution in [0.2, 0.25) is 0 Å². The summed E-state index contributed by atoms with van der Waals surface area (Å²) in [5.41, 5.74) is 5.98. The number of carbonyl (C=O) groups excluding carboxylic acids is 1. The minimum atomic E-state index is -4.41. The van der Waals surface area contributed by atoms with Crippen LogP contribution in [0.3, 0.4) is 0 Å². The van der Waals surface area contributed by atoms with E-state index in [4.69, 9.17) is 5.73 Å². The van der Waals surface area contributed by atoms with Gasteiger partial charge in [-0.25, -0.2) is 0 Å². The molecule has 2 nitrogen and oxygen atoms in total. The molecular formula is C15H12F3NO. The average Bonchev–Trinajstić information content (AvgIpc) is 2.38. The van der Waals surface area contributed by atoms with Crippen molar-refractivity contribution in [3.05, 3.63) is 65.2 Å². The number of halogens is 3. The topological polar surface area (TPSA) is 43.1 Å². The van der Waals surface area contributed by atoms with Crippen LogP contribution in [0.4, 0.5) is 18.9 Å². The number of benzene rings is 2. The molecule has 0 radical (unpaired) electrons. The lowest BCUT2D eigenvalue weighted by molar-refractivity contribution is -0.137. The van der Waals surface area contributed by atoms with Gasteiger partial charge in [0, 0.05) is 17.7 Å². The molecule has 0 spiro atoms. The van der Waals surface area contributed by atoms with Gasteiger partial charge in [-0.05, 0) is 23.8 Å².